The number of hydrogen-bond donors (Lipinski definition) is 2. The summed E-state index contributed by atoms with van der Waals surface area (Å²) in [6.45, 7) is 3.60. The van der Waals surface area contributed by atoms with Crippen LogP contribution in [0.5, 0.6) is 5.75 Å². The number of thioether (sulfide) groups is 1. The van der Waals surface area contributed by atoms with Gasteiger partial charge in [-0.25, -0.2) is 0 Å². The third kappa shape index (κ3) is 3.76. The Bertz CT molecular complexity index is 898. The molecule has 0 spiro atoms. The van der Waals surface area contributed by atoms with E-state index in [0.717, 1.165) is 11.1 Å². The number of aryl methyl sites for hydroxylation is 1. The number of nitrogens with zero attached hydrogens (tertiary/aromatic N) is 3. The van der Waals surface area contributed by atoms with Gasteiger partial charge in [0.15, 0.2) is 0 Å². The number of ether oxygens (including phenoxy) is 1. The molecule has 1 fully saturated rings. The summed E-state index contributed by atoms with van der Waals surface area (Å²) in [4.78, 5) is 21.9. The summed E-state index contributed by atoms with van der Waals surface area (Å²) < 4.78 is 7.01. The van der Waals surface area contributed by atoms with Crippen molar-refractivity contribution in [2.45, 2.75) is 31.8 Å². The van der Waals surface area contributed by atoms with Crippen molar-refractivity contribution in [3.8, 4) is 5.75 Å². The van der Waals surface area contributed by atoms with Crippen LogP contribution in [0.15, 0.2) is 18.2 Å². The molecule has 3 rings (SSSR count). The number of nitrogens with one attached hydrogen (secondary N) is 1. The van der Waals surface area contributed by atoms with Crippen LogP contribution in [0.3, 0.4) is 0 Å². The zero-order valence-electron chi connectivity index (χ0n) is 15.1. The molecule has 1 aliphatic rings. The fraction of sp³-hybridized carbons (Fsp3) is 0.412. The summed E-state index contributed by atoms with van der Waals surface area (Å²) in [6, 6.07) is 5.06. The van der Waals surface area contributed by atoms with Gasteiger partial charge in [-0.3, -0.25) is 24.9 Å². The third-order valence-electron chi connectivity index (χ3n) is 4.53. The van der Waals surface area contributed by atoms with E-state index in [1.54, 1.807) is 25.6 Å². The fourth-order valence-corrected chi connectivity index (χ4v) is 4.38. The molecule has 1 aromatic carbocycles. The van der Waals surface area contributed by atoms with Crippen molar-refractivity contribution < 1.29 is 19.6 Å². The molecule has 27 heavy (non-hydrogen) atoms. The molecule has 0 saturated carbocycles. The summed E-state index contributed by atoms with van der Waals surface area (Å²) in [5, 5.41) is 27.6. The Hall–Kier alpha value is -2.59. The average molecular weight is 392 g/mol. The molecule has 0 bridgehead atoms. The van der Waals surface area contributed by atoms with Crippen LogP contribution in [0.1, 0.15) is 27.9 Å². The Kier molecular flexibility index (Phi) is 5.38. The minimum Gasteiger partial charge on any atom is -0.496 e. The molecule has 2 heterocycles. The van der Waals surface area contributed by atoms with Crippen molar-refractivity contribution in [2.75, 3.05) is 12.9 Å². The smallest absolute Gasteiger partial charge is 0.321 e. The molecule has 144 valence electrons. The van der Waals surface area contributed by atoms with E-state index >= 15 is 0 Å². The van der Waals surface area contributed by atoms with Crippen molar-refractivity contribution in [1.82, 2.24) is 15.1 Å². The lowest BCUT2D eigenvalue weighted by Gasteiger charge is -2.16. The van der Waals surface area contributed by atoms with Crippen molar-refractivity contribution in [1.29, 1.82) is 0 Å². The van der Waals surface area contributed by atoms with E-state index in [9.17, 15) is 14.9 Å². The standard InChI is InChI=1S/C17H20N4O5S/c1-9-15(21(24)25)10(2)20(19-9)7-12-6-11(4-5-14(12)26-3)16-18-13(8-27-16)17(22)23/h4-6,13,16,18H,7-8H2,1-3H3,(H,22,23). The zero-order valence-corrected chi connectivity index (χ0v) is 15.9. The van der Waals surface area contributed by atoms with Crippen LogP contribution in [0.4, 0.5) is 5.69 Å². The van der Waals surface area contributed by atoms with Gasteiger partial charge in [0.25, 0.3) is 0 Å². The largest absolute Gasteiger partial charge is 0.496 e. The number of carbonyl (C=O) groups is 1. The van der Waals surface area contributed by atoms with E-state index in [-0.39, 0.29) is 11.1 Å². The van der Waals surface area contributed by atoms with E-state index in [1.165, 1.54) is 11.8 Å². The van der Waals surface area contributed by atoms with Gasteiger partial charge in [-0.15, -0.1) is 11.8 Å². The maximum absolute atomic E-state index is 11.2. The topological polar surface area (TPSA) is 120 Å². The summed E-state index contributed by atoms with van der Waals surface area (Å²) >= 11 is 1.53. The molecule has 2 aromatic rings. The Balaban J connectivity index is 1.90. The highest BCUT2D eigenvalue weighted by molar-refractivity contribution is 7.99. The number of nitro groups is 1. The number of carboxylic acids is 1. The number of hydrogen-bond acceptors (Lipinski definition) is 7. The maximum Gasteiger partial charge on any atom is 0.321 e. The molecule has 9 nitrogen and oxygen atoms in total. The lowest BCUT2D eigenvalue weighted by molar-refractivity contribution is -0.386. The quantitative estimate of drug-likeness (QED) is 0.567. The summed E-state index contributed by atoms with van der Waals surface area (Å²) in [5.74, 6) is 0.269. The average Bonchev–Trinajstić information content (AvgIpc) is 3.20. The molecular formula is C17H20N4O5S. The zero-order chi connectivity index (χ0) is 19.7. The van der Waals surface area contributed by atoms with E-state index in [1.807, 2.05) is 18.2 Å². The first-order valence-corrected chi connectivity index (χ1v) is 9.32. The lowest BCUT2D eigenvalue weighted by atomic mass is 10.1. The van der Waals surface area contributed by atoms with Gasteiger partial charge in [0.05, 0.1) is 24.0 Å². The van der Waals surface area contributed by atoms with Crippen LogP contribution in [0.2, 0.25) is 0 Å². The Labute approximate surface area is 159 Å². The van der Waals surface area contributed by atoms with Crippen LogP contribution in [-0.4, -0.2) is 44.7 Å². The number of aliphatic carboxylic acids is 1. The molecule has 1 saturated heterocycles. The third-order valence-corrected chi connectivity index (χ3v) is 5.80. The Morgan fingerprint density at radius 2 is 2.26 bits per heavy atom. The van der Waals surface area contributed by atoms with Gasteiger partial charge in [-0.05, 0) is 31.5 Å². The van der Waals surface area contributed by atoms with E-state index in [4.69, 9.17) is 9.84 Å². The molecule has 2 unspecified atom stereocenters. The van der Waals surface area contributed by atoms with Crippen molar-refractivity contribution in [3.63, 3.8) is 0 Å². The number of aromatic nitrogens is 2. The van der Waals surface area contributed by atoms with Gasteiger partial charge in [-0.2, -0.15) is 5.10 Å². The second-order valence-electron chi connectivity index (χ2n) is 6.28. The molecule has 0 aliphatic carbocycles. The molecular weight excluding hydrogens is 372 g/mol. The highest BCUT2D eigenvalue weighted by atomic mass is 32.2. The normalized spacial score (nSPS) is 19.2. The van der Waals surface area contributed by atoms with Gasteiger partial charge in [0.2, 0.25) is 0 Å². The first-order chi connectivity index (χ1) is 12.8. The van der Waals surface area contributed by atoms with Crippen molar-refractivity contribution >= 4 is 23.4 Å². The second kappa shape index (κ2) is 7.57. The monoisotopic (exact) mass is 392 g/mol. The molecule has 10 heteroatoms. The summed E-state index contributed by atoms with van der Waals surface area (Å²) in [5.41, 5.74) is 2.60. The molecule has 0 radical (unpaired) electrons. The van der Waals surface area contributed by atoms with Gasteiger partial charge >= 0.3 is 11.7 Å². The van der Waals surface area contributed by atoms with Gasteiger partial charge in [0.1, 0.15) is 23.2 Å². The SMILES string of the molecule is COc1ccc(C2NC(C(=O)O)CS2)cc1Cn1nc(C)c([N+](=O)[O-])c1C. The Morgan fingerprint density at radius 3 is 2.81 bits per heavy atom. The lowest BCUT2D eigenvalue weighted by Crippen LogP contribution is -2.33. The fourth-order valence-electron chi connectivity index (χ4n) is 3.16. The molecule has 1 aliphatic heterocycles. The number of rotatable bonds is 6. The van der Waals surface area contributed by atoms with Crippen LogP contribution in [0.25, 0.3) is 0 Å². The van der Waals surface area contributed by atoms with Gasteiger partial charge in [-0.1, -0.05) is 6.07 Å². The minimum absolute atomic E-state index is 0.0161. The molecule has 1 aromatic heterocycles. The van der Waals surface area contributed by atoms with Crippen LogP contribution >= 0.6 is 11.8 Å². The maximum atomic E-state index is 11.2. The van der Waals surface area contributed by atoms with Crippen molar-refractivity contribution in [2.24, 2.45) is 0 Å². The summed E-state index contributed by atoms with van der Waals surface area (Å²) in [6.07, 6.45) is 0. The predicted octanol–water partition coefficient (Wildman–Crippen LogP) is 2.25. The number of benzene rings is 1. The second-order valence-corrected chi connectivity index (χ2v) is 7.41. The predicted molar refractivity (Wildman–Crippen MR) is 100 cm³/mol. The highest BCUT2D eigenvalue weighted by Gasteiger charge is 2.30. The first kappa shape index (κ1) is 19.2. The summed E-state index contributed by atoms with van der Waals surface area (Å²) in [7, 11) is 1.56. The van der Waals surface area contributed by atoms with Crippen LogP contribution < -0.4 is 10.1 Å². The highest BCUT2D eigenvalue weighted by Crippen LogP contribution is 2.35. The van der Waals surface area contributed by atoms with E-state index in [2.05, 4.69) is 10.4 Å². The first-order valence-electron chi connectivity index (χ1n) is 8.27. The van der Waals surface area contributed by atoms with Gasteiger partial charge in [0, 0.05) is 11.3 Å². The molecule has 2 N–H and O–H groups in total. The van der Waals surface area contributed by atoms with E-state index in [0.29, 0.717) is 29.4 Å². The van der Waals surface area contributed by atoms with Gasteiger partial charge < -0.3 is 9.84 Å². The van der Waals surface area contributed by atoms with Crippen molar-refractivity contribution in [3.05, 3.63) is 50.8 Å². The van der Waals surface area contributed by atoms with Crippen LogP contribution in [-0.2, 0) is 11.3 Å². The molecule has 2 atom stereocenters. The number of methoxy groups -OCH3 is 1. The van der Waals surface area contributed by atoms with Crippen LogP contribution in [0, 0.1) is 24.0 Å². The number of carboxylic acid groups (broad SMARTS) is 1. The van der Waals surface area contributed by atoms with E-state index < -0.39 is 16.9 Å². The Morgan fingerprint density at radius 1 is 1.52 bits per heavy atom. The molecule has 0 amide bonds. The minimum atomic E-state index is -0.867.